The number of fused-ring (bicyclic) bond motifs is 3. The molecule has 6 nitrogen and oxygen atoms in total. The van der Waals surface area contributed by atoms with E-state index in [1.54, 1.807) is 0 Å². The van der Waals surface area contributed by atoms with Crippen LogP contribution in [0, 0.1) is 10.1 Å². The number of rotatable bonds is 1. The first-order valence-electron chi connectivity index (χ1n) is 6.58. The zero-order chi connectivity index (χ0) is 15.4. The summed E-state index contributed by atoms with van der Waals surface area (Å²) in [5, 5.41) is 13.9. The van der Waals surface area contributed by atoms with Gasteiger partial charge in [0.05, 0.1) is 11.0 Å². The lowest BCUT2D eigenvalue weighted by Crippen LogP contribution is -2.30. The van der Waals surface area contributed by atoms with Gasteiger partial charge in [0.2, 0.25) is 0 Å². The fourth-order valence-electron chi connectivity index (χ4n) is 3.25. The average molecular weight is 303 g/mol. The van der Waals surface area contributed by atoms with Crippen LogP contribution in [0.15, 0.2) is 10.9 Å². The number of halogens is 3. The van der Waals surface area contributed by atoms with Crippen LogP contribution in [0.1, 0.15) is 37.3 Å². The Morgan fingerprint density at radius 2 is 2.00 bits per heavy atom. The molecule has 0 spiro atoms. The smallest absolute Gasteiger partial charge is 0.361 e. The van der Waals surface area contributed by atoms with E-state index in [9.17, 15) is 28.1 Å². The number of alkyl halides is 3. The van der Waals surface area contributed by atoms with Crippen LogP contribution in [-0.2, 0) is 6.18 Å². The summed E-state index contributed by atoms with van der Waals surface area (Å²) in [5.41, 5.74) is -3.39. The molecule has 0 amide bonds. The Bertz CT molecular complexity index is 668. The molecule has 1 fully saturated rings. The lowest BCUT2D eigenvalue weighted by molar-refractivity contribution is -0.387. The van der Waals surface area contributed by atoms with Gasteiger partial charge in [-0.25, -0.2) is 0 Å². The normalized spacial score (nSPS) is 24.1. The summed E-state index contributed by atoms with van der Waals surface area (Å²) in [6.45, 7) is 0. The molecule has 3 rings (SSSR count). The minimum absolute atomic E-state index is 0.214. The number of hydrogen-bond donors (Lipinski definition) is 1. The monoisotopic (exact) mass is 303 g/mol. The summed E-state index contributed by atoms with van der Waals surface area (Å²) in [4.78, 5) is 22.0. The number of nitrogens with zero attached hydrogens (tertiary/aromatic N) is 2. The van der Waals surface area contributed by atoms with E-state index in [2.05, 4.69) is 5.32 Å². The third-order valence-corrected chi connectivity index (χ3v) is 4.10. The Labute approximate surface area is 116 Å². The highest BCUT2D eigenvalue weighted by atomic mass is 19.4. The van der Waals surface area contributed by atoms with Crippen LogP contribution < -0.4 is 10.9 Å². The van der Waals surface area contributed by atoms with Gasteiger partial charge in [0.1, 0.15) is 5.56 Å². The number of nitro groups is 1. The lowest BCUT2D eigenvalue weighted by Gasteiger charge is -2.25. The average Bonchev–Trinajstić information content (AvgIpc) is 2.76. The molecule has 0 saturated heterocycles. The molecule has 1 aliphatic heterocycles. The van der Waals surface area contributed by atoms with Crippen molar-refractivity contribution in [2.24, 2.45) is 0 Å². The van der Waals surface area contributed by atoms with Gasteiger partial charge in [-0.05, 0) is 12.8 Å². The predicted octanol–water partition coefficient (Wildman–Crippen LogP) is 2.68. The number of pyridine rings is 1. The molecule has 0 unspecified atom stereocenters. The SMILES string of the molecule is O=c1cc(C(F)(F)F)c([N+](=O)[O-])c2n1[C@@H]1CCCC[C@H]1N2. The zero-order valence-corrected chi connectivity index (χ0v) is 10.8. The Hall–Kier alpha value is -2.06. The first-order valence-corrected chi connectivity index (χ1v) is 6.58. The molecule has 1 aliphatic carbocycles. The topological polar surface area (TPSA) is 77.2 Å². The van der Waals surface area contributed by atoms with Crippen molar-refractivity contribution < 1.29 is 18.1 Å². The highest BCUT2D eigenvalue weighted by molar-refractivity contribution is 5.65. The first kappa shape index (κ1) is 13.9. The maximum absolute atomic E-state index is 12.9. The highest BCUT2D eigenvalue weighted by Crippen LogP contribution is 2.45. The molecule has 0 radical (unpaired) electrons. The second-order valence-electron chi connectivity index (χ2n) is 5.32. The summed E-state index contributed by atoms with van der Waals surface area (Å²) in [6.07, 6.45) is -1.88. The van der Waals surface area contributed by atoms with Gasteiger partial charge in [-0.2, -0.15) is 13.2 Å². The van der Waals surface area contributed by atoms with Crippen molar-refractivity contribution in [2.45, 2.75) is 43.9 Å². The molecular weight excluding hydrogens is 291 g/mol. The standard InChI is InChI=1S/C12H12F3N3O3/c13-12(14,15)6-5-9(19)17-8-4-2-1-3-7(8)16-11(17)10(6)18(20)21/h5,7-8,16H,1-4H2/t7-,8-/m1/s1. The van der Waals surface area contributed by atoms with Crippen LogP contribution in [-0.4, -0.2) is 15.5 Å². The number of hydrogen-bond acceptors (Lipinski definition) is 4. The van der Waals surface area contributed by atoms with E-state index in [-0.39, 0.29) is 17.9 Å². The fourth-order valence-corrected chi connectivity index (χ4v) is 3.25. The van der Waals surface area contributed by atoms with Gasteiger partial charge in [-0.15, -0.1) is 0 Å². The lowest BCUT2D eigenvalue weighted by atomic mass is 9.91. The van der Waals surface area contributed by atoms with E-state index in [0.717, 1.165) is 17.4 Å². The molecule has 114 valence electrons. The summed E-state index contributed by atoms with van der Waals surface area (Å²) in [7, 11) is 0. The Balaban J connectivity index is 2.26. The van der Waals surface area contributed by atoms with E-state index in [1.165, 1.54) is 0 Å². The maximum atomic E-state index is 12.9. The van der Waals surface area contributed by atoms with Crippen LogP contribution in [0.25, 0.3) is 0 Å². The summed E-state index contributed by atoms with van der Waals surface area (Å²) in [5.74, 6) is -0.309. The largest absolute Gasteiger partial charge is 0.423 e. The van der Waals surface area contributed by atoms with Gasteiger partial charge in [-0.1, -0.05) is 12.8 Å². The maximum Gasteiger partial charge on any atom is 0.423 e. The van der Waals surface area contributed by atoms with Crippen LogP contribution >= 0.6 is 0 Å². The quantitative estimate of drug-likeness (QED) is 0.639. The van der Waals surface area contributed by atoms with Crippen molar-refractivity contribution in [1.29, 1.82) is 0 Å². The van der Waals surface area contributed by atoms with Gasteiger partial charge in [-0.3, -0.25) is 19.5 Å². The minimum atomic E-state index is -4.94. The third kappa shape index (κ3) is 2.07. The van der Waals surface area contributed by atoms with Gasteiger partial charge >= 0.3 is 11.9 Å². The van der Waals surface area contributed by atoms with Gasteiger partial charge < -0.3 is 5.32 Å². The molecule has 21 heavy (non-hydrogen) atoms. The van der Waals surface area contributed by atoms with Crippen LogP contribution in [0.5, 0.6) is 0 Å². The molecule has 0 bridgehead atoms. The Kier molecular flexibility index (Phi) is 2.96. The van der Waals surface area contributed by atoms with Crippen molar-refractivity contribution in [2.75, 3.05) is 5.32 Å². The van der Waals surface area contributed by atoms with E-state index in [1.807, 2.05) is 0 Å². The molecule has 1 aromatic heterocycles. The van der Waals surface area contributed by atoms with E-state index >= 15 is 0 Å². The van der Waals surface area contributed by atoms with E-state index in [4.69, 9.17) is 0 Å². The van der Waals surface area contributed by atoms with Crippen molar-refractivity contribution in [3.63, 3.8) is 0 Å². The van der Waals surface area contributed by atoms with Crippen molar-refractivity contribution >= 4 is 11.5 Å². The number of nitrogens with one attached hydrogen (secondary N) is 1. The molecule has 2 atom stereocenters. The van der Waals surface area contributed by atoms with Crippen molar-refractivity contribution in [1.82, 2.24) is 4.57 Å². The summed E-state index contributed by atoms with van der Waals surface area (Å²) < 4.78 is 40.0. The molecule has 1 saturated carbocycles. The number of aromatic nitrogens is 1. The molecule has 1 N–H and O–H groups in total. The Morgan fingerprint density at radius 1 is 1.33 bits per heavy atom. The summed E-state index contributed by atoms with van der Waals surface area (Å²) >= 11 is 0. The minimum Gasteiger partial charge on any atom is -0.361 e. The van der Waals surface area contributed by atoms with Crippen LogP contribution in [0.3, 0.4) is 0 Å². The molecule has 2 heterocycles. The van der Waals surface area contributed by atoms with Gasteiger partial charge in [0.25, 0.3) is 5.56 Å². The van der Waals surface area contributed by atoms with Gasteiger partial charge in [0, 0.05) is 12.1 Å². The molecule has 0 aromatic carbocycles. The Morgan fingerprint density at radius 3 is 2.62 bits per heavy atom. The highest BCUT2D eigenvalue weighted by Gasteiger charge is 2.46. The molecule has 2 aliphatic rings. The van der Waals surface area contributed by atoms with E-state index in [0.29, 0.717) is 18.9 Å². The molecular formula is C12H12F3N3O3. The second kappa shape index (κ2) is 4.47. The fraction of sp³-hybridized carbons (Fsp3) is 0.583. The molecule has 1 aromatic rings. The van der Waals surface area contributed by atoms with Crippen molar-refractivity contribution in [3.8, 4) is 0 Å². The third-order valence-electron chi connectivity index (χ3n) is 4.10. The summed E-state index contributed by atoms with van der Waals surface area (Å²) in [6, 6.07) is -0.184. The first-order chi connectivity index (χ1) is 9.80. The van der Waals surface area contributed by atoms with E-state index < -0.39 is 27.9 Å². The molecule has 9 heteroatoms. The number of anilines is 1. The zero-order valence-electron chi connectivity index (χ0n) is 10.8. The van der Waals surface area contributed by atoms with Crippen LogP contribution in [0.2, 0.25) is 0 Å². The van der Waals surface area contributed by atoms with Crippen LogP contribution in [0.4, 0.5) is 24.7 Å². The van der Waals surface area contributed by atoms with Crippen molar-refractivity contribution in [3.05, 3.63) is 32.1 Å². The predicted molar refractivity (Wildman–Crippen MR) is 67.3 cm³/mol. The second-order valence-corrected chi connectivity index (χ2v) is 5.32. The van der Waals surface area contributed by atoms with Gasteiger partial charge in [0.15, 0.2) is 5.82 Å².